The smallest absolute Gasteiger partial charge is 0.241 e. The number of aromatic nitrogens is 8. The van der Waals surface area contributed by atoms with Gasteiger partial charge in [0.1, 0.15) is 0 Å². The molecule has 0 N–H and O–H groups in total. The number of nitrogens with zero attached hydrogens (tertiary/aromatic N) is 9. The summed E-state index contributed by atoms with van der Waals surface area (Å²) in [6, 6.07) is 30.5. The maximum atomic E-state index is 4.48. The monoisotopic (exact) mass is 574 g/mol. The summed E-state index contributed by atoms with van der Waals surface area (Å²) in [6.07, 6.45) is 0. The van der Waals surface area contributed by atoms with Gasteiger partial charge in [-0.25, -0.2) is 4.90 Å². The molecule has 5 aromatic rings. The SMILES string of the molecule is [Pt+2].[c-]1ccccc1-n1nnc(N(c2ccccc2)c2nnn(-c3[c-]cccc3)n2)n1. The molecule has 0 radical (unpaired) electrons. The molecule has 0 aliphatic rings. The van der Waals surface area contributed by atoms with E-state index in [1.54, 1.807) is 17.0 Å². The fraction of sp³-hybridized carbons (Fsp3) is 0. The van der Waals surface area contributed by atoms with Gasteiger partial charge in [-0.2, -0.15) is 58.1 Å². The second-order valence-electron chi connectivity index (χ2n) is 5.92. The second-order valence-corrected chi connectivity index (χ2v) is 5.92. The third kappa shape index (κ3) is 3.88. The molecule has 0 amide bonds. The number of benzene rings is 3. The Balaban J connectivity index is 0.00000218. The van der Waals surface area contributed by atoms with Crippen molar-refractivity contribution in [3.05, 3.63) is 91.0 Å². The topological polar surface area (TPSA) is 90.4 Å². The van der Waals surface area contributed by atoms with Crippen molar-refractivity contribution in [1.29, 1.82) is 0 Å². The molecule has 30 heavy (non-hydrogen) atoms. The van der Waals surface area contributed by atoms with Crippen molar-refractivity contribution in [2.75, 3.05) is 4.90 Å². The van der Waals surface area contributed by atoms with Crippen LogP contribution in [0, 0.1) is 12.1 Å². The Hall–Kier alpha value is -3.71. The zero-order chi connectivity index (χ0) is 19.5. The molecule has 9 nitrogen and oxygen atoms in total. The molecule has 0 fully saturated rings. The number of rotatable bonds is 5. The summed E-state index contributed by atoms with van der Waals surface area (Å²) in [6.45, 7) is 0. The van der Waals surface area contributed by atoms with E-state index < -0.39 is 0 Å². The summed E-state index contributed by atoms with van der Waals surface area (Å²) >= 11 is 0. The van der Waals surface area contributed by atoms with E-state index in [4.69, 9.17) is 0 Å². The minimum atomic E-state index is 0. The first-order valence-electron chi connectivity index (χ1n) is 8.78. The van der Waals surface area contributed by atoms with Crippen molar-refractivity contribution in [3.8, 4) is 11.4 Å². The number of hydrogen-bond donors (Lipinski definition) is 0. The quantitative estimate of drug-likeness (QED) is 0.298. The first-order valence-corrected chi connectivity index (χ1v) is 8.78. The normalized spacial score (nSPS) is 10.4. The van der Waals surface area contributed by atoms with E-state index in [2.05, 4.69) is 43.0 Å². The van der Waals surface area contributed by atoms with E-state index in [1.165, 1.54) is 9.59 Å². The van der Waals surface area contributed by atoms with Crippen LogP contribution in [0.5, 0.6) is 0 Å². The summed E-state index contributed by atoms with van der Waals surface area (Å²) in [7, 11) is 0. The van der Waals surface area contributed by atoms with Gasteiger partial charge in [0.2, 0.25) is 0 Å². The average Bonchev–Trinajstić information content (AvgIpc) is 3.47. The zero-order valence-electron chi connectivity index (χ0n) is 15.3. The molecule has 0 bridgehead atoms. The first-order chi connectivity index (χ1) is 14.4. The third-order valence-corrected chi connectivity index (χ3v) is 4.04. The molecule has 0 unspecified atom stereocenters. The summed E-state index contributed by atoms with van der Waals surface area (Å²) in [4.78, 5) is 4.49. The molecule has 0 saturated carbocycles. The zero-order valence-corrected chi connectivity index (χ0v) is 17.6. The van der Waals surface area contributed by atoms with E-state index in [0.29, 0.717) is 23.3 Å². The van der Waals surface area contributed by atoms with E-state index in [1.807, 2.05) is 66.7 Å². The van der Waals surface area contributed by atoms with Gasteiger partial charge in [-0.15, -0.1) is 22.3 Å². The van der Waals surface area contributed by atoms with Gasteiger partial charge in [-0.05, 0) is 33.9 Å². The van der Waals surface area contributed by atoms with Crippen molar-refractivity contribution in [2.45, 2.75) is 0 Å². The van der Waals surface area contributed by atoms with Crippen LogP contribution < -0.4 is 4.90 Å². The largest absolute Gasteiger partial charge is 2.00 e. The first kappa shape index (κ1) is 19.6. The standard InChI is InChI=1S/C20H13N9.Pt/c1-4-10-16(11-5-1)27(19-21-25-28(23-19)17-12-6-2-7-13-17)20-22-26-29(24-20)18-14-8-3-9-15-18;/h1-12,14H;/q-2;+2. The molecule has 2 aromatic heterocycles. The summed E-state index contributed by atoms with van der Waals surface area (Å²) < 4.78 is 0. The van der Waals surface area contributed by atoms with E-state index in [0.717, 1.165) is 5.69 Å². The Morgan fingerprint density at radius 3 is 1.60 bits per heavy atom. The van der Waals surface area contributed by atoms with E-state index in [9.17, 15) is 0 Å². The molecule has 10 heteroatoms. The molecule has 0 spiro atoms. The van der Waals surface area contributed by atoms with Crippen LogP contribution in [0.25, 0.3) is 11.4 Å². The number of hydrogen-bond acceptors (Lipinski definition) is 7. The fourth-order valence-electron chi connectivity index (χ4n) is 2.71. The van der Waals surface area contributed by atoms with Crippen LogP contribution in [0.1, 0.15) is 0 Å². The minimum Gasteiger partial charge on any atom is -0.241 e. The van der Waals surface area contributed by atoms with Crippen LogP contribution in [0.4, 0.5) is 17.6 Å². The molecule has 0 aliphatic heterocycles. The molecule has 148 valence electrons. The van der Waals surface area contributed by atoms with Gasteiger partial charge in [0.25, 0.3) is 11.9 Å². The van der Waals surface area contributed by atoms with Crippen molar-refractivity contribution in [2.24, 2.45) is 0 Å². The molecular formula is C20H13N9Pt. The van der Waals surface area contributed by atoms with Crippen LogP contribution in [-0.2, 0) is 21.1 Å². The molecule has 5 rings (SSSR count). The predicted molar refractivity (Wildman–Crippen MR) is 104 cm³/mol. The van der Waals surface area contributed by atoms with Gasteiger partial charge in [-0.1, -0.05) is 28.4 Å². The van der Waals surface area contributed by atoms with E-state index >= 15 is 0 Å². The van der Waals surface area contributed by atoms with Crippen molar-refractivity contribution >= 4 is 17.6 Å². The van der Waals surface area contributed by atoms with E-state index in [-0.39, 0.29) is 21.1 Å². The van der Waals surface area contributed by atoms with Crippen LogP contribution >= 0.6 is 0 Å². The molecule has 0 saturated heterocycles. The van der Waals surface area contributed by atoms with Crippen molar-refractivity contribution < 1.29 is 21.1 Å². The number of anilines is 3. The van der Waals surface area contributed by atoms with Crippen LogP contribution in [-0.4, -0.2) is 40.4 Å². The maximum Gasteiger partial charge on any atom is 2.00 e. The molecule has 2 heterocycles. The summed E-state index contributed by atoms with van der Waals surface area (Å²) in [5.74, 6) is 0.620. The van der Waals surface area contributed by atoms with Gasteiger partial charge in [-0.3, -0.25) is 0 Å². The summed E-state index contributed by atoms with van der Waals surface area (Å²) in [5.41, 5.74) is 2.13. The maximum absolute atomic E-state index is 4.48. The van der Waals surface area contributed by atoms with Gasteiger partial charge in [0.15, 0.2) is 0 Å². The number of tetrazole rings is 2. The Morgan fingerprint density at radius 1 is 0.633 bits per heavy atom. The average molecular weight is 574 g/mol. The van der Waals surface area contributed by atoms with Crippen LogP contribution in [0.2, 0.25) is 0 Å². The Bertz CT molecular complexity index is 1130. The Kier molecular flexibility index (Phi) is 5.72. The predicted octanol–water partition coefficient (Wildman–Crippen LogP) is 2.71. The summed E-state index contributed by atoms with van der Waals surface area (Å²) in [5, 5.41) is 25.6. The molecule has 0 aliphatic carbocycles. The fourth-order valence-corrected chi connectivity index (χ4v) is 2.71. The van der Waals surface area contributed by atoms with Crippen molar-refractivity contribution in [1.82, 2.24) is 40.4 Å². The van der Waals surface area contributed by atoms with Gasteiger partial charge < -0.3 is 0 Å². The van der Waals surface area contributed by atoms with Crippen molar-refractivity contribution in [3.63, 3.8) is 0 Å². The molecular weight excluding hydrogens is 561 g/mol. The van der Waals surface area contributed by atoms with Crippen LogP contribution in [0.15, 0.2) is 78.9 Å². The Labute approximate surface area is 186 Å². The second kappa shape index (κ2) is 8.75. The number of para-hydroxylation sites is 3. The molecule has 3 aromatic carbocycles. The molecule has 0 atom stereocenters. The van der Waals surface area contributed by atoms with Gasteiger partial charge in [0.05, 0.1) is 5.69 Å². The Morgan fingerprint density at radius 2 is 1.13 bits per heavy atom. The van der Waals surface area contributed by atoms with Crippen LogP contribution in [0.3, 0.4) is 0 Å². The van der Waals surface area contributed by atoms with Gasteiger partial charge in [0, 0.05) is 0 Å². The third-order valence-electron chi connectivity index (χ3n) is 4.04. The minimum absolute atomic E-state index is 0. The van der Waals surface area contributed by atoms with Gasteiger partial charge >= 0.3 is 21.1 Å².